The van der Waals surface area contributed by atoms with Crippen molar-refractivity contribution in [2.75, 3.05) is 0 Å². The van der Waals surface area contributed by atoms with E-state index < -0.39 is 95.5 Å². The Labute approximate surface area is 316 Å². The summed E-state index contributed by atoms with van der Waals surface area (Å²) in [5.41, 5.74) is -3.65. The van der Waals surface area contributed by atoms with Gasteiger partial charge in [0.25, 0.3) is 0 Å². The molecule has 52 heavy (non-hydrogen) atoms. The second kappa shape index (κ2) is 14.9. The van der Waals surface area contributed by atoms with Gasteiger partial charge in [-0.05, 0) is 87.3 Å². The number of ether oxygens (including phenoxy) is 3. The molecule has 0 amide bonds. The fourth-order valence-electron chi connectivity index (χ4n) is 10.7. The zero-order valence-electron chi connectivity index (χ0n) is 34.9. The minimum absolute atomic E-state index is 0.0799. The SMILES string of the molecule is CC[C@]1(OC(C)=O)[C@H](O)C[C@H](O[Si](CC)(CC)CC)[C@@]2(C)C(=O)[C@H](O[Si](CC)(CC)CC)C3=C(C)[C@@H](O[Si](C)(C)C)C[C@]4(OC(=O)O[C@H]4[C@H]12)C3(C)C. The van der Waals surface area contributed by atoms with Crippen LogP contribution in [0.5, 0.6) is 0 Å². The smallest absolute Gasteiger partial charge is 0.456 e. The van der Waals surface area contributed by atoms with Crippen LogP contribution < -0.4 is 0 Å². The maximum atomic E-state index is 16.4. The van der Waals surface area contributed by atoms with E-state index in [4.69, 9.17) is 27.5 Å². The predicted octanol–water partition coefficient (Wildman–Crippen LogP) is 8.69. The fourth-order valence-corrected chi connectivity index (χ4v) is 17.5. The largest absolute Gasteiger partial charge is 0.509 e. The van der Waals surface area contributed by atoms with Crippen LogP contribution in [0.2, 0.25) is 55.9 Å². The fraction of sp³-hybridized carbons (Fsp3) is 0.872. The van der Waals surface area contributed by atoms with Crippen LogP contribution in [-0.2, 0) is 37.1 Å². The van der Waals surface area contributed by atoms with E-state index in [2.05, 4.69) is 68.1 Å². The number of fused-ring (bicyclic) bond motifs is 3. The lowest BCUT2D eigenvalue weighted by Gasteiger charge is -2.65. The first-order valence-electron chi connectivity index (χ1n) is 20.1. The molecule has 4 aliphatic rings. The van der Waals surface area contributed by atoms with Gasteiger partial charge in [-0.1, -0.05) is 62.3 Å². The van der Waals surface area contributed by atoms with E-state index in [9.17, 15) is 14.7 Å². The highest BCUT2D eigenvalue weighted by Crippen LogP contribution is 2.66. The third kappa shape index (κ3) is 6.67. The monoisotopic (exact) mass is 782 g/mol. The molecule has 1 heterocycles. The Morgan fingerprint density at radius 3 is 1.85 bits per heavy atom. The van der Waals surface area contributed by atoms with Crippen molar-refractivity contribution in [3.05, 3.63) is 11.1 Å². The summed E-state index contributed by atoms with van der Waals surface area (Å²) in [4.78, 5) is 43.4. The molecule has 0 radical (unpaired) electrons. The molecule has 1 aliphatic heterocycles. The first kappa shape index (κ1) is 43.4. The number of hydrogen-bond donors (Lipinski definition) is 1. The molecule has 0 aromatic rings. The van der Waals surface area contributed by atoms with Crippen LogP contribution in [0.3, 0.4) is 0 Å². The summed E-state index contributed by atoms with van der Waals surface area (Å²) in [6, 6.07) is 4.96. The minimum Gasteiger partial charge on any atom is -0.456 e. The number of rotatable bonds is 14. The summed E-state index contributed by atoms with van der Waals surface area (Å²) >= 11 is 0. The molecule has 13 heteroatoms. The lowest BCUT2D eigenvalue weighted by Crippen LogP contribution is -2.77. The van der Waals surface area contributed by atoms with Gasteiger partial charge in [-0.3, -0.25) is 9.59 Å². The van der Waals surface area contributed by atoms with Gasteiger partial charge in [-0.2, -0.15) is 0 Å². The Kier molecular flexibility index (Phi) is 12.5. The lowest BCUT2D eigenvalue weighted by atomic mass is 9.45. The van der Waals surface area contributed by atoms with Gasteiger partial charge in [0.05, 0.1) is 29.6 Å². The molecule has 3 aliphatic carbocycles. The van der Waals surface area contributed by atoms with Crippen LogP contribution in [0.1, 0.15) is 102 Å². The molecule has 2 saturated carbocycles. The average molecular weight is 783 g/mol. The third-order valence-corrected chi connectivity index (χ3v) is 24.5. The molecule has 9 atom stereocenters. The molecule has 3 fully saturated rings. The van der Waals surface area contributed by atoms with Crippen LogP contribution >= 0.6 is 0 Å². The number of carbonyl (C=O) groups is 3. The van der Waals surface area contributed by atoms with Crippen LogP contribution in [-0.4, -0.2) is 89.7 Å². The highest BCUT2D eigenvalue weighted by Gasteiger charge is 2.79. The van der Waals surface area contributed by atoms with Crippen molar-refractivity contribution in [3.8, 4) is 0 Å². The van der Waals surface area contributed by atoms with E-state index in [-0.39, 0.29) is 25.0 Å². The number of ketones is 1. The van der Waals surface area contributed by atoms with Crippen molar-refractivity contribution in [2.45, 2.75) is 200 Å². The summed E-state index contributed by atoms with van der Waals surface area (Å²) in [6.07, 6.45) is -4.86. The molecular weight excluding hydrogens is 713 g/mol. The lowest BCUT2D eigenvalue weighted by molar-refractivity contribution is -0.262. The number of hydrogen-bond acceptors (Lipinski definition) is 10. The topological polar surface area (TPSA) is 127 Å². The Bertz CT molecular complexity index is 1380. The molecule has 298 valence electrons. The van der Waals surface area contributed by atoms with Gasteiger partial charge in [-0.25, -0.2) is 4.79 Å². The maximum Gasteiger partial charge on any atom is 0.509 e. The van der Waals surface area contributed by atoms with Gasteiger partial charge in [0.2, 0.25) is 0 Å². The molecule has 0 aromatic carbocycles. The van der Waals surface area contributed by atoms with E-state index >= 15 is 4.79 Å². The van der Waals surface area contributed by atoms with Crippen LogP contribution in [0, 0.1) is 16.7 Å². The Morgan fingerprint density at radius 1 is 0.865 bits per heavy atom. The van der Waals surface area contributed by atoms with Crippen LogP contribution in [0.4, 0.5) is 4.79 Å². The Balaban J connectivity index is 2.24. The first-order chi connectivity index (χ1) is 24.0. The second-order valence-corrected chi connectivity index (χ2v) is 31.7. The maximum absolute atomic E-state index is 16.4. The normalized spacial score (nSPS) is 36.3. The van der Waals surface area contributed by atoms with E-state index in [1.165, 1.54) is 6.92 Å². The van der Waals surface area contributed by atoms with Crippen molar-refractivity contribution in [3.63, 3.8) is 0 Å². The average Bonchev–Trinajstić information content (AvgIpc) is 3.40. The molecule has 4 rings (SSSR count). The number of Topliss-reactive ketones (excluding diaryl/α,β-unsaturated/α-hetero) is 1. The summed E-state index contributed by atoms with van der Waals surface area (Å²) in [5.74, 6) is -1.79. The number of aliphatic hydroxyl groups is 1. The molecular formula is C39H70O10Si3. The van der Waals surface area contributed by atoms with Crippen molar-refractivity contribution in [2.24, 2.45) is 16.7 Å². The number of carbonyl (C=O) groups excluding carboxylic acids is 3. The van der Waals surface area contributed by atoms with Gasteiger partial charge < -0.3 is 32.6 Å². The molecule has 1 N–H and O–H groups in total. The van der Waals surface area contributed by atoms with Crippen molar-refractivity contribution in [1.82, 2.24) is 0 Å². The number of aliphatic hydroxyl groups excluding tert-OH is 1. The van der Waals surface area contributed by atoms with E-state index in [1.54, 1.807) is 0 Å². The van der Waals surface area contributed by atoms with Crippen molar-refractivity contribution < 1.29 is 47.0 Å². The Hall–Kier alpha value is -1.36. The van der Waals surface area contributed by atoms with E-state index in [0.717, 1.165) is 47.4 Å². The molecule has 0 unspecified atom stereocenters. The highest BCUT2D eigenvalue weighted by atomic mass is 28.4. The van der Waals surface area contributed by atoms with E-state index in [1.807, 2.05) is 27.7 Å². The minimum atomic E-state index is -2.51. The van der Waals surface area contributed by atoms with Gasteiger partial charge in [0.1, 0.15) is 11.7 Å². The Morgan fingerprint density at radius 2 is 1.38 bits per heavy atom. The van der Waals surface area contributed by atoms with Crippen LogP contribution in [0.25, 0.3) is 0 Å². The third-order valence-electron chi connectivity index (χ3n) is 14.3. The predicted molar refractivity (Wildman–Crippen MR) is 210 cm³/mol. The summed E-state index contributed by atoms with van der Waals surface area (Å²) in [7, 11) is -7.13. The van der Waals surface area contributed by atoms with Gasteiger partial charge in [0, 0.05) is 25.2 Å². The van der Waals surface area contributed by atoms with Gasteiger partial charge in [0.15, 0.2) is 42.4 Å². The zero-order valence-corrected chi connectivity index (χ0v) is 37.9. The molecule has 2 bridgehead atoms. The number of esters is 1. The summed E-state index contributed by atoms with van der Waals surface area (Å²) in [6.45, 7) is 30.5. The van der Waals surface area contributed by atoms with Crippen LogP contribution in [0.15, 0.2) is 11.1 Å². The van der Waals surface area contributed by atoms with Crippen molar-refractivity contribution in [1.29, 1.82) is 0 Å². The quantitative estimate of drug-likeness (QED) is 0.104. The van der Waals surface area contributed by atoms with E-state index in [0.29, 0.717) is 0 Å². The highest BCUT2D eigenvalue weighted by molar-refractivity contribution is 6.74. The standard InChI is InChI=1S/C39H70O10Si3/c1-16-38(45-26(9)40)28(41)23-29(48-51(17-2,18-3)19-4)37(12)32(38)34-39(46-35(43)44-34)24-27(47-50(13,14)15)25(8)30(36(39,10)11)31(33(37)42)49-52(20-5,21-6)22-7/h27-29,31-32,34,41H,16-24H2,1-15H3/t27-,28+,29-,31+,32-,34-,37+,38-,39+/m0/s1. The zero-order chi connectivity index (χ0) is 39.5. The van der Waals surface area contributed by atoms with Gasteiger partial charge in [-0.15, -0.1) is 0 Å². The van der Waals surface area contributed by atoms with Crippen molar-refractivity contribution >= 4 is 42.9 Å². The summed E-state index contributed by atoms with van der Waals surface area (Å²) in [5, 5.41) is 12.4. The molecule has 1 saturated heterocycles. The molecule has 1 spiro atoms. The summed E-state index contributed by atoms with van der Waals surface area (Å²) < 4.78 is 41.1. The molecule has 0 aromatic heterocycles. The molecule has 10 nitrogen and oxygen atoms in total. The second-order valence-electron chi connectivity index (χ2n) is 17.8. The van der Waals surface area contributed by atoms with Gasteiger partial charge >= 0.3 is 12.1 Å². The first-order valence-corrected chi connectivity index (χ1v) is 28.6.